The molecule has 4 aliphatic heterocycles. The highest BCUT2D eigenvalue weighted by Gasteiger charge is 2.42. The lowest BCUT2D eigenvalue weighted by atomic mass is 10.3. The van der Waals surface area contributed by atoms with Gasteiger partial charge in [0.2, 0.25) is 0 Å². The van der Waals surface area contributed by atoms with Crippen molar-refractivity contribution in [1.29, 1.82) is 0 Å². The van der Waals surface area contributed by atoms with Gasteiger partial charge in [-0.2, -0.15) is 10.2 Å². The van der Waals surface area contributed by atoms with Crippen molar-refractivity contribution in [3.05, 3.63) is 60.5 Å². The molecule has 0 aliphatic carbocycles. The second kappa shape index (κ2) is 4.99. The summed E-state index contributed by atoms with van der Waals surface area (Å²) in [5.41, 5.74) is 3.20. The van der Waals surface area contributed by atoms with Gasteiger partial charge in [0.1, 0.15) is 0 Å². The molecule has 7 heteroatoms. The van der Waals surface area contributed by atoms with E-state index in [9.17, 15) is 0 Å². The third kappa shape index (κ3) is 2.07. The van der Waals surface area contributed by atoms with E-state index in [1.807, 2.05) is 42.7 Å². The number of fused-ring (bicyclic) bond motifs is 2. The lowest BCUT2D eigenvalue weighted by molar-refractivity contribution is 0.451. The largest absolute Gasteiger partial charge is 0.282 e. The van der Waals surface area contributed by atoms with Crippen LogP contribution in [0.1, 0.15) is 6.92 Å². The van der Waals surface area contributed by atoms with E-state index in [1.165, 1.54) is 0 Å². The van der Waals surface area contributed by atoms with Crippen molar-refractivity contribution in [3.63, 3.8) is 0 Å². The number of rotatable bonds is 2. The van der Waals surface area contributed by atoms with Crippen molar-refractivity contribution in [3.8, 4) is 0 Å². The summed E-state index contributed by atoms with van der Waals surface area (Å²) in [5.74, 6) is 3.86. The zero-order valence-corrected chi connectivity index (χ0v) is 14.6. The van der Waals surface area contributed by atoms with E-state index in [1.54, 1.807) is 0 Å². The van der Waals surface area contributed by atoms with Gasteiger partial charge in [-0.15, -0.1) is 0 Å². The van der Waals surface area contributed by atoms with Crippen molar-refractivity contribution < 1.29 is 0 Å². The Morgan fingerprint density at radius 3 is 2.43 bits per heavy atom. The first-order valence-electron chi connectivity index (χ1n) is 7.87. The molecule has 0 amide bonds. The van der Waals surface area contributed by atoms with Crippen molar-refractivity contribution >= 4 is 19.9 Å². The van der Waals surface area contributed by atoms with Gasteiger partial charge in [-0.3, -0.25) is 19.9 Å². The van der Waals surface area contributed by atoms with Crippen LogP contribution in [-0.2, 0) is 0 Å². The Hall–Kier alpha value is -2.54. The second-order valence-electron chi connectivity index (χ2n) is 6.33. The quantitative estimate of drug-likeness (QED) is 0.793. The van der Waals surface area contributed by atoms with Crippen molar-refractivity contribution in [2.75, 3.05) is 0 Å². The summed E-state index contributed by atoms with van der Waals surface area (Å²) in [5, 5.41) is 9.33. The van der Waals surface area contributed by atoms with Gasteiger partial charge in [-0.25, -0.2) is 0 Å². The van der Waals surface area contributed by atoms with E-state index in [4.69, 9.17) is 5.10 Å². The van der Waals surface area contributed by atoms with Gasteiger partial charge in [0.25, 0.3) is 0 Å². The Balaban J connectivity index is 1.83. The first-order valence-corrected chi connectivity index (χ1v) is 11.0. The Morgan fingerprint density at radius 2 is 1.70 bits per heavy atom. The fourth-order valence-electron chi connectivity index (χ4n) is 2.77. The lowest BCUT2D eigenvalue weighted by Crippen LogP contribution is -2.46. The van der Waals surface area contributed by atoms with Crippen LogP contribution in [0.25, 0.3) is 0 Å². The van der Waals surface area contributed by atoms with Crippen LogP contribution in [0.3, 0.4) is 0 Å². The van der Waals surface area contributed by atoms with Gasteiger partial charge in [0.05, 0.1) is 0 Å². The van der Waals surface area contributed by atoms with Crippen LogP contribution in [0.15, 0.2) is 70.7 Å². The molecule has 0 aromatic rings. The number of allylic oxidation sites excluding steroid dienone is 4. The zero-order chi connectivity index (χ0) is 16.0. The minimum Gasteiger partial charge on any atom is -0.282 e. The number of amidine groups is 2. The van der Waals surface area contributed by atoms with E-state index in [-0.39, 0.29) is 0 Å². The molecule has 0 unspecified atom stereocenters. The maximum atomic E-state index is 4.90. The molecule has 0 saturated heterocycles. The van der Waals surface area contributed by atoms with E-state index in [2.05, 4.69) is 51.2 Å². The Bertz CT molecular complexity index is 753. The molecule has 4 heterocycles. The molecule has 0 atom stereocenters. The SMILES string of the molecule is CC[Si](C)(C)N1N=C2C=CC=CN2/C1=C1/NN=C2C=CC=CN21. The number of nitrogens with one attached hydrogen (secondary N) is 1. The summed E-state index contributed by atoms with van der Waals surface area (Å²) in [4.78, 5) is 4.21. The maximum Gasteiger partial charge on any atom is 0.181 e. The maximum absolute atomic E-state index is 4.90. The molecule has 4 rings (SSSR count). The van der Waals surface area contributed by atoms with Gasteiger partial charge in [0, 0.05) is 12.4 Å². The van der Waals surface area contributed by atoms with Crippen LogP contribution in [0.4, 0.5) is 0 Å². The van der Waals surface area contributed by atoms with Gasteiger partial charge in [-0.05, 0) is 43.4 Å². The summed E-state index contributed by atoms with van der Waals surface area (Å²) in [6.45, 7) is 6.92. The Morgan fingerprint density at radius 1 is 1.00 bits per heavy atom. The Kier molecular flexibility index (Phi) is 3.05. The first-order chi connectivity index (χ1) is 11.1. The van der Waals surface area contributed by atoms with Gasteiger partial charge < -0.3 is 0 Å². The van der Waals surface area contributed by atoms with Gasteiger partial charge in [-0.1, -0.05) is 19.1 Å². The average molecular weight is 324 g/mol. The molecule has 0 radical (unpaired) electrons. The molecule has 0 fully saturated rings. The number of hydrogen-bond donors (Lipinski definition) is 1. The van der Waals surface area contributed by atoms with Crippen LogP contribution in [0.5, 0.6) is 0 Å². The predicted molar refractivity (Wildman–Crippen MR) is 95.1 cm³/mol. The van der Waals surface area contributed by atoms with Crippen LogP contribution in [-0.4, -0.2) is 34.4 Å². The molecular formula is C16H20N6Si. The normalized spacial score (nSPS) is 24.7. The predicted octanol–water partition coefficient (Wildman–Crippen LogP) is 2.65. The third-order valence-corrected chi connectivity index (χ3v) is 7.66. The van der Waals surface area contributed by atoms with E-state index < -0.39 is 8.24 Å². The van der Waals surface area contributed by atoms with Crippen molar-refractivity contribution in [2.45, 2.75) is 26.1 Å². The second-order valence-corrected chi connectivity index (χ2v) is 11.1. The number of nitrogens with zero attached hydrogens (tertiary/aromatic N) is 5. The molecule has 1 N–H and O–H groups in total. The molecule has 4 aliphatic rings. The standard InChI is InChI=1S/C16H20N6Si/c1-4-23(2,3)22-16(21-12-8-6-10-14(21)19-22)15-18-17-13-9-5-7-11-20(13)15/h5-12,18H,4H2,1-3H3/b16-15+. The van der Waals surface area contributed by atoms with Crippen molar-refractivity contribution in [1.82, 2.24) is 19.9 Å². The summed E-state index contributed by atoms with van der Waals surface area (Å²) >= 11 is 0. The van der Waals surface area contributed by atoms with Gasteiger partial charge >= 0.3 is 0 Å². The summed E-state index contributed by atoms with van der Waals surface area (Å²) in [6, 6.07) is 1.12. The molecule has 0 spiro atoms. The molecule has 118 valence electrons. The highest BCUT2D eigenvalue weighted by Crippen LogP contribution is 2.34. The highest BCUT2D eigenvalue weighted by molar-refractivity contribution is 6.75. The highest BCUT2D eigenvalue weighted by atomic mass is 28.3. The topological polar surface area (TPSA) is 46.5 Å². The summed E-state index contributed by atoms with van der Waals surface area (Å²) < 4.78 is 2.23. The minimum absolute atomic E-state index is 0.899. The summed E-state index contributed by atoms with van der Waals surface area (Å²) in [7, 11) is -1.70. The monoisotopic (exact) mass is 324 g/mol. The molecule has 0 saturated carbocycles. The van der Waals surface area contributed by atoms with Crippen molar-refractivity contribution in [2.24, 2.45) is 10.2 Å². The fraction of sp³-hybridized carbons (Fsp3) is 0.250. The van der Waals surface area contributed by atoms with E-state index in [0.717, 1.165) is 29.4 Å². The number of hydrogen-bond acceptors (Lipinski definition) is 6. The first kappa shape index (κ1) is 14.1. The molecule has 23 heavy (non-hydrogen) atoms. The smallest absolute Gasteiger partial charge is 0.181 e. The molecule has 0 aromatic heterocycles. The Labute approximate surface area is 137 Å². The van der Waals surface area contributed by atoms with Crippen LogP contribution >= 0.6 is 0 Å². The van der Waals surface area contributed by atoms with E-state index >= 15 is 0 Å². The summed E-state index contributed by atoms with van der Waals surface area (Å²) in [6.07, 6.45) is 16.2. The molecule has 0 bridgehead atoms. The molecule has 6 nitrogen and oxygen atoms in total. The van der Waals surface area contributed by atoms with E-state index in [0.29, 0.717) is 0 Å². The molecular weight excluding hydrogens is 304 g/mol. The molecule has 0 aromatic carbocycles. The van der Waals surface area contributed by atoms with Crippen LogP contribution in [0.2, 0.25) is 19.1 Å². The van der Waals surface area contributed by atoms with Crippen LogP contribution < -0.4 is 5.43 Å². The van der Waals surface area contributed by atoms with Crippen LogP contribution in [0, 0.1) is 0 Å². The number of hydrazone groups is 2. The lowest BCUT2D eigenvalue weighted by Gasteiger charge is -2.35. The zero-order valence-electron chi connectivity index (χ0n) is 13.6. The third-order valence-electron chi connectivity index (χ3n) is 4.48. The fourth-order valence-corrected chi connectivity index (χ4v) is 4.23. The minimum atomic E-state index is -1.70. The van der Waals surface area contributed by atoms with Gasteiger partial charge in [0.15, 0.2) is 31.5 Å². The average Bonchev–Trinajstić information content (AvgIpc) is 3.16.